The number of benzene rings is 1. The molecule has 0 saturated heterocycles. The lowest BCUT2D eigenvalue weighted by atomic mass is 10.2. The minimum Gasteiger partial charge on any atom is -0.298 e. The zero-order valence-electron chi connectivity index (χ0n) is 10.9. The number of nitrogens with one attached hydrogen (secondary N) is 3. The Morgan fingerprint density at radius 3 is 2.55 bits per heavy atom. The van der Waals surface area contributed by atoms with Gasteiger partial charge in [-0.2, -0.15) is 0 Å². The van der Waals surface area contributed by atoms with Gasteiger partial charge in [0.2, 0.25) is 0 Å². The van der Waals surface area contributed by atoms with Crippen LogP contribution in [-0.2, 0) is 0 Å². The van der Waals surface area contributed by atoms with Crippen molar-refractivity contribution in [3.05, 3.63) is 53.3 Å². The van der Waals surface area contributed by atoms with E-state index in [0.29, 0.717) is 10.4 Å². The molecule has 9 heteroatoms. The SMILES string of the molecule is O=C(NNC(=S)NC(=O)c1cc(I)ccc1I)c1cccs1. The van der Waals surface area contributed by atoms with Gasteiger partial charge in [-0.05, 0) is 87.0 Å². The van der Waals surface area contributed by atoms with Crippen LogP contribution in [0.3, 0.4) is 0 Å². The second kappa shape index (κ2) is 8.17. The highest BCUT2D eigenvalue weighted by atomic mass is 127. The summed E-state index contributed by atoms with van der Waals surface area (Å²) >= 11 is 10.5. The fourth-order valence-corrected chi connectivity index (χ4v) is 3.29. The minimum absolute atomic E-state index is 0.0320. The van der Waals surface area contributed by atoms with Gasteiger partial charge >= 0.3 is 0 Å². The molecule has 3 N–H and O–H groups in total. The summed E-state index contributed by atoms with van der Waals surface area (Å²) < 4.78 is 1.77. The molecule has 0 spiro atoms. The number of hydrogen-bond donors (Lipinski definition) is 3. The van der Waals surface area contributed by atoms with E-state index >= 15 is 0 Å². The fraction of sp³-hybridized carbons (Fsp3) is 0. The second-order valence-electron chi connectivity index (χ2n) is 3.96. The summed E-state index contributed by atoms with van der Waals surface area (Å²) in [5.74, 6) is -0.638. The topological polar surface area (TPSA) is 70.2 Å². The van der Waals surface area contributed by atoms with E-state index in [1.54, 1.807) is 23.6 Å². The molecule has 2 rings (SSSR count). The number of thiophene rings is 1. The van der Waals surface area contributed by atoms with Crippen LogP contribution in [0.25, 0.3) is 0 Å². The molecule has 0 unspecified atom stereocenters. The van der Waals surface area contributed by atoms with Crippen LogP contribution in [0.5, 0.6) is 0 Å². The molecule has 0 fully saturated rings. The number of hydrogen-bond acceptors (Lipinski definition) is 4. The smallest absolute Gasteiger partial charge is 0.279 e. The first kappa shape index (κ1) is 17.6. The van der Waals surface area contributed by atoms with Crippen molar-refractivity contribution in [3.8, 4) is 0 Å². The fourth-order valence-electron chi connectivity index (χ4n) is 1.46. The predicted molar refractivity (Wildman–Crippen MR) is 107 cm³/mol. The number of hydrazine groups is 1. The van der Waals surface area contributed by atoms with Gasteiger partial charge in [0.1, 0.15) is 0 Å². The first-order valence-electron chi connectivity index (χ1n) is 5.87. The van der Waals surface area contributed by atoms with Gasteiger partial charge < -0.3 is 0 Å². The Morgan fingerprint density at radius 2 is 1.86 bits per heavy atom. The minimum atomic E-state index is -0.328. The number of carbonyl (C=O) groups excluding carboxylic acids is 2. The molecular formula is C13H9I2N3O2S2. The van der Waals surface area contributed by atoms with E-state index < -0.39 is 0 Å². The van der Waals surface area contributed by atoms with E-state index in [4.69, 9.17) is 12.2 Å². The molecule has 1 aromatic heterocycles. The highest BCUT2D eigenvalue weighted by molar-refractivity contribution is 14.1. The van der Waals surface area contributed by atoms with Gasteiger partial charge in [0.25, 0.3) is 11.8 Å². The second-order valence-corrected chi connectivity index (χ2v) is 7.73. The molecule has 0 atom stereocenters. The van der Waals surface area contributed by atoms with Crippen LogP contribution in [0.1, 0.15) is 20.0 Å². The van der Waals surface area contributed by atoms with Crippen molar-refractivity contribution in [1.29, 1.82) is 0 Å². The van der Waals surface area contributed by atoms with Crippen LogP contribution in [-0.4, -0.2) is 16.9 Å². The van der Waals surface area contributed by atoms with Gasteiger partial charge in [0.15, 0.2) is 5.11 Å². The molecule has 0 aliphatic rings. The van der Waals surface area contributed by atoms with Gasteiger partial charge in [-0.25, -0.2) is 0 Å². The van der Waals surface area contributed by atoms with Crippen LogP contribution in [0.4, 0.5) is 0 Å². The summed E-state index contributed by atoms with van der Waals surface area (Å²) in [5.41, 5.74) is 5.47. The van der Waals surface area contributed by atoms with Crippen molar-refractivity contribution >= 4 is 85.7 Å². The number of amides is 2. The average molecular weight is 557 g/mol. The van der Waals surface area contributed by atoms with Crippen LogP contribution >= 0.6 is 68.7 Å². The molecule has 0 bridgehead atoms. The largest absolute Gasteiger partial charge is 0.298 e. The Kier molecular flexibility index (Phi) is 6.52. The maximum atomic E-state index is 12.1. The van der Waals surface area contributed by atoms with Crippen molar-refractivity contribution in [2.45, 2.75) is 0 Å². The van der Waals surface area contributed by atoms with Gasteiger partial charge in [0.05, 0.1) is 10.4 Å². The zero-order chi connectivity index (χ0) is 16.1. The Bertz CT molecular complexity index is 720. The summed E-state index contributed by atoms with van der Waals surface area (Å²) in [6.45, 7) is 0. The van der Waals surface area contributed by atoms with Crippen LogP contribution in [0, 0.1) is 7.14 Å². The molecule has 5 nitrogen and oxygen atoms in total. The Hall–Kier alpha value is -0.790. The first-order chi connectivity index (χ1) is 10.5. The summed E-state index contributed by atoms with van der Waals surface area (Å²) in [6.07, 6.45) is 0. The van der Waals surface area contributed by atoms with Crippen molar-refractivity contribution in [1.82, 2.24) is 16.2 Å². The predicted octanol–water partition coefficient (Wildman–Crippen LogP) is 2.91. The molecule has 0 aliphatic carbocycles. The quantitative estimate of drug-likeness (QED) is 0.302. The molecular weight excluding hydrogens is 548 g/mol. The third-order valence-electron chi connectivity index (χ3n) is 2.43. The van der Waals surface area contributed by atoms with Crippen molar-refractivity contribution < 1.29 is 9.59 Å². The van der Waals surface area contributed by atoms with Gasteiger partial charge in [-0.15, -0.1) is 11.3 Å². The van der Waals surface area contributed by atoms with E-state index in [2.05, 4.69) is 61.4 Å². The summed E-state index contributed by atoms with van der Waals surface area (Å²) in [5, 5.41) is 4.36. The number of halogens is 2. The molecule has 22 heavy (non-hydrogen) atoms. The normalized spacial score (nSPS) is 9.91. The van der Waals surface area contributed by atoms with Crippen molar-refractivity contribution in [2.24, 2.45) is 0 Å². The molecule has 2 aromatic rings. The first-order valence-corrected chi connectivity index (χ1v) is 9.32. The van der Waals surface area contributed by atoms with Crippen LogP contribution < -0.4 is 16.2 Å². The molecule has 114 valence electrons. The van der Waals surface area contributed by atoms with Crippen molar-refractivity contribution in [2.75, 3.05) is 0 Å². The van der Waals surface area contributed by atoms with Crippen molar-refractivity contribution in [3.63, 3.8) is 0 Å². The summed E-state index contributed by atoms with van der Waals surface area (Å²) in [4.78, 5) is 24.4. The van der Waals surface area contributed by atoms with Gasteiger partial charge in [0, 0.05) is 7.14 Å². The lowest BCUT2D eigenvalue weighted by Gasteiger charge is -2.11. The van der Waals surface area contributed by atoms with Crippen LogP contribution in [0.2, 0.25) is 0 Å². The third-order valence-corrected chi connectivity index (χ3v) is 5.12. The van der Waals surface area contributed by atoms with E-state index in [1.807, 2.05) is 12.1 Å². The molecule has 0 saturated carbocycles. The lowest BCUT2D eigenvalue weighted by molar-refractivity contribution is 0.0937. The maximum absolute atomic E-state index is 12.1. The molecule has 0 radical (unpaired) electrons. The summed E-state index contributed by atoms with van der Waals surface area (Å²) in [7, 11) is 0. The Labute approximate surface area is 163 Å². The summed E-state index contributed by atoms with van der Waals surface area (Å²) in [6, 6.07) is 9.00. The molecule has 2 amide bonds. The number of rotatable bonds is 2. The molecule has 0 aliphatic heterocycles. The lowest BCUT2D eigenvalue weighted by Crippen LogP contribution is -2.48. The van der Waals surface area contributed by atoms with Crippen LogP contribution in [0.15, 0.2) is 35.7 Å². The third kappa shape index (κ3) is 4.86. The molecule has 1 aromatic carbocycles. The zero-order valence-corrected chi connectivity index (χ0v) is 16.8. The van der Waals surface area contributed by atoms with E-state index in [1.165, 1.54) is 11.3 Å². The number of carbonyl (C=O) groups is 2. The van der Waals surface area contributed by atoms with E-state index in [-0.39, 0.29) is 16.9 Å². The molecule has 1 heterocycles. The maximum Gasteiger partial charge on any atom is 0.279 e. The van der Waals surface area contributed by atoms with E-state index in [0.717, 1.165) is 7.14 Å². The standard InChI is InChI=1S/C13H9I2N3O2S2/c14-7-3-4-9(15)8(6-7)11(19)16-13(21)18-17-12(20)10-2-1-5-22-10/h1-6H,(H,17,20)(H2,16,18,19,21). The van der Waals surface area contributed by atoms with Gasteiger partial charge in [-0.1, -0.05) is 6.07 Å². The number of thiocarbonyl (C=S) groups is 1. The highest BCUT2D eigenvalue weighted by Crippen LogP contribution is 2.15. The average Bonchev–Trinajstić information content (AvgIpc) is 3.01. The van der Waals surface area contributed by atoms with E-state index in [9.17, 15) is 9.59 Å². The van der Waals surface area contributed by atoms with Gasteiger partial charge in [-0.3, -0.25) is 25.8 Å². The monoisotopic (exact) mass is 557 g/mol. The Balaban J connectivity index is 1.90. The highest BCUT2D eigenvalue weighted by Gasteiger charge is 2.13. The Morgan fingerprint density at radius 1 is 1.09 bits per heavy atom.